The lowest BCUT2D eigenvalue weighted by atomic mass is 9.69. The lowest BCUT2D eigenvalue weighted by molar-refractivity contribution is -0.165. The van der Waals surface area contributed by atoms with E-state index in [1.54, 1.807) is 0 Å². The molecule has 0 aromatic rings. The van der Waals surface area contributed by atoms with Gasteiger partial charge in [-0.1, -0.05) is 67.7 Å². The molecule has 1 aliphatic carbocycles. The van der Waals surface area contributed by atoms with Crippen LogP contribution in [-0.4, -0.2) is 24.9 Å². The number of hydrogen-bond donors (Lipinski definition) is 0. The van der Waals surface area contributed by atoms with Gasteiger partial charge in [0.2, 0.25) is 0 Å². The van der Waals surface area contributed by atoms with Gasteiger partial charge in [-0.05, 0) is 74.0 Å². The van der Waals surface area contributed by atoms with E-state index in [1.165, 1.54) is 44.9 Å². The molecule has 0 spiro atoms. The van der Waals surface area contributed by atoms with Crippen molar-refractivity contribution in [3.05, 3.63) is 0 Å². The first kappa shape index (κ1) is 24.2. The summed E-state index contributed by atoms with van der Waals surface area (Å²) in [7, 11) is 0. The Morgan fingerprint density at radius 3 is 2.11 bits per heavy atom. The van der Waals surface area contributed by atoms with Gasteiger partial charge in [0.15, 0.2) is 0 Å². The van der Waals surface area contributed by atoms with Crippen molar-refractivity contribution >= 4 is 0 Å². The number of rotatable bonds is 10. The van der Waals surface area contributed by atoms with Gasteiger partial charge in [-0.25, -0.2) is 0 Å². The van der Waals surface area contributed by atoms with Gasteiger partial charge in [-0.3, -0.25) is 0 Å². The summed E-state index contributed by atoms with van der Waals surface area (Å²) >= 11 is 0. The van der Waals surface area contributed by atoms with Crippen LogP contribution in [0, 0.1) is 41.4 Å². The molecule has 166 valence electrons. The van der Waals surface area contributed by atoms with Crippen molar-refractivity contribution in [1.82, 2.24) is 0 Å². The molecule has 1 saturated heterocycles. The second-order valence-corrected chi connectivity index (χ2v) is 11.2. The fraction of sp³-hybridized carbons (Fsp3) is 1.00. The standard InChI is InChI=1S/C26H50O2/c1-17(2)9-11-19(4)20(5)12-10-18(3)16-27-25-15-24-14-13-21(6)28-26(24)23(8)22(25)7/h17-26H,9-16H2,1-8H3. The summed E-state index contributed by atoms with van der Waals surface area (Å²) in [6.45, 7) is 19.9. The minimum absolute atomic E-state index is 0.429. The van der Waals surface area contributed by atoms with Gasteiger partial charge >= 0.3 is 0 Å². The molecule has 0 amide bonds. The molecule has 9 unspecified atom stereocenters. The Labute approximate surface area is 176 Å². The van der Waals surface area contributed by atoms with Crippen molar-refractivity contribution in [3.63, 3.8) is 0 Å². The molecule has 1 heterocycles. The largest absolute Gasteiger partial charge is 0.378 e. The zero-order valence-corrected chi connectivity index (χ0v) is 20.2. The molecule has 0 aromatic heterocycles. The van der Waals surface area contributed by atoms with E-state index in [0.29, 0.717) is 42.0 Å². The molecule has 0 radical (unpaired) electrons. The normalized spacial score (nSPS) is 36.8. The minimum atomic E-state index is 0.429. The summed E-state index contributed by atoms with van der Waals surface area (Å²) in [5.41, 5.74) is 0. The maximum Gasteiger partial charge on any atom is 0.0636 e. The van der Waals surface area contributed by atoms with Crippen LogP contribution in [0.1, 0.15) is 100 Å². The second-order valence-electron chi connectivity index (χ2n) is 11.2. The highest BCUT2D eigenvalue weighted by molar-refractivity contribution is 4.92. The molecular formula is C26H50O2. The Bertz CT molecular complexity index is 432. The van der Waals surface area contributed by atoms with Crippen LogP contribution in [0.15, 0.2) is 0 Å². The minimum Gasteiger partial charge on any atom is -0.378 e. The fourth-order valence-corrected chi connectivity index (χ4v) is 5.32. The van der Waals surface area contributed by atoms with E-state index in [1.807, 2.05) is 0 Å². The molecule has 0 bridgehead atoms. The molecule has 2 heteroatoms. The van der Waals surface area contributed by atoms with Crippen LogP contribution in [0.25, 0.3) is 0 Å². The Kier molecular flexibility index (Phi) is 9.81. The summed E-state index contributed by atoms with van der Waals surface area (Å²) in [5.74, 6) is 5.11. The van der Waals surface area contributed by atoms with Gasteiger partial charge in [0.25, 0.3) is 0 Å². The Hall–Kier alpha value is -0.0800. The van der Waals surface area contributed by atoms with Crippen molar-refractivity contribution in [1.29, 1.82) is 0 Å². The number of fused-ring (bicyclic) bond motifs is 1. The van der Waals surface area contributed by atoms with Crippen molar-refractivity contribution < 1.29 is 9.47 Å². The molecule has 2 aliphatic rings. The Morgan fingerprint density at radius 1 is 0.821 bits per heavy atom. The molecule has 2 nitrogen and oxygen atoms in total. The monoisotopic (exact) mass is 394 g/mol. The van der Waals surface area contributed by atoms with Crippen LogP contribution in [0.4, 0.5) is 0 Å². The van der Waals surface area contributed by atoms with Crippen LogP contribution in [0.5, 0.6) is 0 Å². The van der Waals surface area contributed by atoms with Gasteiger partial charge in [-0.15, -0.1) is 0 Å². The smallest absolute Gasteiger partial charge is 0.0636 e. The SMILES string of the molecule is CC(C)CCC(C)C(C)CCC(C)COC1CC2CCC(C)OC2C(C)C1C. The maximum absolute atomic E-state index is 6.52. The summed E-state index contributed by atoms with van der Waals surface area (Å²) in [6, 6.07) is 0. The summed E-state index contributed by atoms with van der Waals surface area (Å²) in [5, 5.41) is 0. The van der Waals surface area contributed by atoms with Gasteiger partial charge in [0.05, 0.1) is 18.3 Å². The van der Waals surface area contributed by atoms with E-state index in [0.717, 1.165) is 24.4 Å². The quantitative estimate of drug-likeness (QED) is 0.385. The average molecular weight is 395 g/mol. The van der Waals surface area contributed by atoms with E-state index in [2.05, 4.69) is 55.4 Å². The van der Waals surface area contributed by atoms with Crippen LogP contribution in [0.2, 0.25) is 0 Å². The first-order chi connectivity index (χ1) is 13.2. The van der Waals surface area contributed by atoms with Crippen LogP contribution in [-0.2, 0) is 9.47 Å². The van der Waals surface area contributed by atoms with E-state index in [4.69, 9.17) is 9.47 Å². The summed E-state index contributed by atoms with van der Waals surface area (Å²) in [4.78, 5) is 0. The van der Waals surface area contributed by atoms with E-state index >= 15 is 0 Å². The highest BCUT2D eigenvalue weighted by Crippen LogP contribution is 2.43. The predicted molar refractivity (Wildman–Crippen MR) is 121 cm³/mol. The van der Waals surface area contributed by atoms with E-state index in [9.17, 15) is 0 Å². The summed E-state index contributed by atoms with van der Waals surface area (Å²) in [6.07, 6.45) is 10.5. The van der Waals surface area contributed by atoms with Crippen molar-refractivity contribution in [2.75, 3.05) is 6.61 Å². The third-order valence-electron chi connectivity index (χ3n) is 8.15. The first-order valence-corrected chi connectivity index (χ1v) is 12.5. The van der Waals surface area contributed by atoms with Crippen LogP contribution >= 0.6 is 0 Å². The molecule has 2 fully saturated rings. The predicted octanol–water partition coefficient (Wildman–Crippen LogP) is 7.36. The van der Waals surface area contributed by atoms with Crippen LogP contribution in [0.3, 0.4) is 0 Å². The first-order valence-electron chi connectivity index (χ1n) is 12.5. The topological polar surface area (TPSA) is 18.5 Å². The Balaban J connectivity index is 1.71. The van der Waals surface area contributed by atoms with Crippen molar-refractivity contribution in [2.45, 2.75) is 119 Å². The molecule has 0 aromatic carbocycles. The molecule has 0 N–H and O–H groups in total. The van der Waals surface area contributed by atoms with Gasteiger partial charge in [-0.2, -0.15) is 0 Å². The lowest BCUT2D eigenvalue weighted by Gasteiger charge is -2.48. The van der Waals surface area contributed by atoms with Gasteiger partial charge in [0, 0.05) is 6.61 Å². The highest BCUT2D eigenvalue weighted by Gasteiger charge is 2.44. The second kappa shape index (κ2) is 11.3. The van der Waals surface area contributed by atoms with E-state index < -0.39 is 0 Å². The zero-order valence-electron chi connectivity index (χ0n) is 20.2. The third kappa shape index (κ3) is 7.01. The van der Waals surface area contributed by atoms with Gasteiger partial charge < -0.3 is 9.47 Å². The maximum atomic E-state index is 6.52. The lowest BCUT2D eigenvalue weighted by Crippen LogP contribution is -2.49. The van der Waals surface area contributed by atoms with Gasteiger partial charge in [0.1, 0.15) is 0 Å². The molecule has 2 rings (SSSR count). The van der Waals surface area contributed by atoms with Crippen LogP contribution < -0.4 is 0 Å². The number of ether oxygens (including phenoxy) is 2. The fourth-order valence-electron chi connectivity index (χ4n) is 5.32. The molecule has 28 heavy (non-hydrogen) atoms. The zero-order chi connectivity index (χ0) is 20.8. The molecule has 1 aliphatic heterocycles. The van der Waals surface area contributed by atoms with Crippen molar-refractivity contribution in [2.24, 2.45) is 41.4 Å². The number of hydrogen-bond acceptors (Lipinski definition) is 2. The third-order valence-corrected chi connectivity index (χ3v) is 8.15. The summed E-state index contributed by atoms with van der Waals surface area (Å²) < 4.78 is 12.8. The highest BCUT2D eigenvalue weighted by atomic mass is 16.5. The Morgan fingerprint density at radius 2 is 1.46 bits per heavy atom. The van der Waals surface area contributed by atoms with E-state index in [-0.39, 0.29) is 0 Å². The van der Waals surface area contributed by atoms with Crippen molar-refractivity contribution in [3.8, 4) is 0 Å². The molecule has 1 saturated carbocycles. The molecule has 9 atom stereocenters. The molecular weight excluding hydrogens is 344 g/mol. The average Bonchev–Trinajstić information content (AvgIpc) is 2.66.